The van der Waals surface area contributed by atoms with Crippen molar-refractivity contribution in [3.63, 3.8) is 0 Å². The number of hydrogen-bond donors (Lipinski definition) is 1. The predicted molar refractivity (Wildman–Crippen MR) is 77.3 cm³/mol. The van der Waals surface area contributed by atoms with Crippen LogP contribution < -0.4 is 0 Å². The SMILES string of the molecule is Cc1ccc(S(=O)(=O)N2C[C@@H]3CCC[C@@]3(C(=O)O)C2)cc1. The zero-order valence-corrected chi connectivity index (χ0v) is 12.8. The lowest BCUT2D eigenvalue weighted by atomic mass is 9.81. The van der Waals surface area contributed by atoms with E-state index in [1.54, 1.807) is 24.3 Å². The number of carbonyl (C=O) groups is 1. The highest BCUT2D eigenvalue weighted by Crippen LogP contribution is 2.50. The van der Waals surface area contributed by atoms with Gasteiger partial charge in [0.05, 0.1) is 10.3 Å². The first kappa shape index (κ1) is 14.5. The molecule has 21 heavy (non-hydrogen) atoms. The molecule has 5 nitrogen and oxygen atoms in total. The summed E-state index contributed by atoms with van der Waals surface area (Å²) in [4.78, 5) is 11.9. The number of nitrogens with zero attached hydrogens (tertiary/aromatic N) is 1. The van der Waals surface area contributed by atoms with Crippen molar-refractivity contribution in [2.24, 2.45) is 11.3 Å². The van der Waals surface area contributed by atoms with Gasteiger partial charge in [0, 0.05) is 13.1 Å². The lowest BCUT2D eigenvalue weighted by molar-refractivity contribution is -0.149. The van der Waals surface area contributed by atoms with Gasteiger partial charge in [-0.3, -0.25) is 4.79 Å². The summed E-state index contributed by atoms with van der Waals surface area (Å²) in [5.41, 5.74) is 0.117. The van der Waals surface area contributed by atoms with Gasteiger partial charge in [-0.25, -0.2) is 8.42 Å². The van der Waals surface area contributed by atoms with Gasteiger partial charge in [0.25, 0.3) is 0 Å². The van der Waals surface area contributed by atoms with Gasteiger partial charge < -0.3 is 5.11 Å². The maximum Gasteiger partial charge on any atom is 0.311 e. The minimum absolute atomic E-state index is 0.0600. The van der Waals surface area contributed by atoms with Crippen molar-refractivity contribution >= 4 is 16.0 Å². The maximum atomic E-state index is 12.7. The summed E-state index contributed by atoms with van der Waals surface area (Å²) >= 11 is 0. The fourth-order valence-electron chi connectivity index (χ4n) is 3.64. The van der Waals surface area contributed by atoms with Crippen LogP contribution in [0.5, 0.6) is 0 Å². The second-order valence-electron chi connectivity index (χ2n) is 6.16. The Morgan fingerprint density at radius 3 is 2.57 bits per heavy atom. The van der Waals surface area contributed by atoms with Crippen LogP contribution in [0.15, 0.2) is 29.2 Å². The monoisotopic (exact) mass is 309 g/mol. The second kappa shape index (κ2) is 4.81. The summed E-state index contributed by atoms with van der Waals surface area (Å²) in [5, 5.41) is 9.54. The zero-order valence-electron chi connectivity index (χ0n) is 11.9. The summed E-state index contributed by atoms with van der Waals surface area (Å²) in [7, 11) is -3.60. The fraction of sp³-hybridized carbons (Fsp3) is 0.533. The number of hydrogen-bond acceptors (Lipinski definition) is 3. The van der Waals surface area contributed by atoms with Crippen molar-refractivity contribution in [1.82, 2.24) is 4.31 Å². The number of benzene rings is 1. The van der Waals surface area contributed by atoms with Crippen LogP contribution in [0.2, 0.25) is 0 Å². The highest BCUT2D eigenvalue weighted by atomic mass is 32.2. The van der Waals surface area contributed by atoms with E-state index >= 15 is 0 Å². The van der Waals surface area contributed by atoms with Gasteiger partial charge in [0.1, 0.15) is 0 Å². The summed E-state index contributed by atoms with van der Waals surface area (Å²) < 4.78 is 26.7. The molecule has 6 heteroatoms. The van der Waals surface area contributed by atoms with Crippen LogP contribution in [-0.4, -0.2) is 36.9 Å². The van der Waals surface area contributed by atoms with E-state index in [0.717, 1.165) is 18.4 Å². The third-order valence-electron chi connectivity index (χ3n) is 4.92. The average Bonchev–Trinajstić information content (AvgIpc) is 2.96. The molecular formula is C15H19NO4S. The molecule has 1 aliphatic carbocycles. The van der Waals surface area contributed by atoms with Crippen molar-refractivity contribution in [2.75, 3.05) is 13.1 Å². The molecule has 1 saturated carbocycles. The Morgan fingerprint density at radius 1 is 1.33 bits per heavy atom. The molecule has 0 spiro atoms. The molecule has 2 fully saturated rings. The topological polar surface area (TPSA) is 74.7 Å². The van der Waals surface area contributed by atoms with Crippen molar-refractivity contribution < 1.29 is 18.3 Å². The van der Waals surface area contributed by atoms with Gasteiger partial charge in [0.2, 0.25) is 10.0 Å². The molecule has 0 bridgehead atoms. The number of carboxylic acids is 1. The first-order chi connectivity index (χ1) is 9.86. The Bertz CT molecular complexity index is 667. The van der Waals surface area contributed by atoms with Crippen molar-refractivity contribution in [3.8, 4) is 0 Å². The van der Waals surface area contributed by atoms with Gasteiger partial charge in [-0.15, -0.1) is 0 Å². The van der Waals surface area contributed by atoms with Crippen LogP contribution >= 0.6 is 0 Å². The van der Waals surface area contributed by atoms with E-state index in [4.69, 9.17) is 0 Å². The lowest BCUT2D eigenvalue weighted by Crippen LogP contribution is -2.37. The van der Waals surface area contributed by atoms with Crippen LogP contribution in [0.4, 0.5) is 0 Å². The minimum atomic E-state index is -3.60. The van der Waals surface area contributed by atoms with E-state index < -0.39 is 21.4 Å². The summed E-state index contributed by atoms with van der Waals surface area (Å²) in [6, 6.07) is 6.70. The quantitative estimate of drug-likeness (QED) is 0.925. The van der Waals surface area contributed by atoms with Gasteiger partial charge >= 0.3 is 5.97 Å². The van der Waals surface area contributed by atoms with E-state index in [-0.39, 0.29) is 17.4 Å². The number of aliphatic carboxylic acids is 1. The highest BCUT2D eigenvalue weighted by Gasteiger charge is 2.57. The van der Waals surface area contributed by atoms with Crippen LogP contribution in [0.25, 0.3) is 0 Å². The molecular weight excluding hydrogens is 290 g/mol. The number of rotatable bonds is 3. The Hall–Kier alpha value is -1.40. The first-order valence-corrected chi connectivity index (χ1v) is 8.60. The fourth-order valence-corrected chi connectivity index (χ4v) is 5.19. The third-order valence-corrected chi connectivity index (χ3v) is 6.75. The Labute approximate surface area is 124 Å². The number of fused-ring (bicyclic) bond motifs is 1. The normalized spacial score (nSPS) is 29.5. The van der Waals surface area contributed by atoms with Gasteiger partial charge in [-0.2, -0.15) is 4.31 Å². The summed E-state index contributed by atoms with van der Waals surface area (Å²) in [5.74, 6) is -0.915. The predicted octanol–water partition coefficient (Wildman–Crippen LogP) is 1.87. The molecule has 2 aliphatic rings. The molecule has 1 heterocycles. The molecule has 0 amide bonds. The van der Waals surface area contributed by atoms with E-state index in [1.165, 1.54) is 4.31 Å². The molecule has 1 saturated heterocycles. The van der Waals surface area contributed by atoms with Crippen molar-refractivity contribution in [3.05, 3.63) is 29.8 Å². The standard InChI is InChI=1S/C15H19NO4S/c1-11-4-6-13(7-5-11)21(19,20)16-9-12-3-2-8-15(12,10-16)14(17)18/h4-7,12H,2-3,8-10H2,1H3,(H,17,18)/t12-,15+/m0/s1. The molecule has 0 radical (unpaired) electrons. The Morgan fingerprint density at radius 2 is 2.00 bits per heavy atom. The third kappa shape index (κ3) is 2.17. The Kier molecular flexibility index (Phi) is 3.33. The van der Waals surface area contributed by atoms with Gasteiger partial charge in [-0.1, -0.05) is 24.1 Å². The molecule has 114 valence electrons. The molecule has 1 N–H and O–H groups in total. The van der Waals surface area contributed by atoms with Crippen LogP contribution in [0.1, 0.15) is 24.8 Å². The molecule has 0 aromatic heterocycles. The first-order valence-electron chi connectivity index (χ1n) is 7.16. The molecule has 1 aliphatic heterocycles. The van der Waals surface area contributed by atoms with Crippen molar-refractivity contribution in [2.45, 2.75) is 31.1 Å². The molecule has 1 aromatic carbocycles. The van der Waals surface area contributed by atoms with E-state index in [1.807, 2.05) is 6.92 Å². The summed E-state index contributed by atoms with van der Waals surface area (Å²) in [6.07, 6.45) is 2.24. The number of aryl methyl sites for hydroxylation is 1. The number of sulfonamides is 1. The number of carboxylic acid groups (broad SMARTS) is 1. The zero-order chi connectivity index (χ0) is 15.3. The van der Waals surface area contributed by atoms with Crippen molar-refractivity contribution in [1.29, 1.82) is 0 Å². The largest absolute Gasteiger partial charge is 0.481 e. The van der Waals surface area contributed by atoms with Gasteiger partial charge in [-0.05, 0) is 37.8 Å². The molecule has 1 aromatic rings. The highest BCUT2D eigenvalue weighted by molar-refractivity contribution is 7.89. The van der Waals surface area contributed by atoms with Crippen LogP contribution in [0, 0.1) is 18.3 Å². The summed E-state index contributed by atoms with van der Waals surface area (Å²) in [6.45, 7) is 2.32. The van der Waals surface area contributed by atoms with Crippen LogP contribution in [-0.2, 0) is 14.8 Å². The van der Waals surface area contributed by atoms with Gasteiger partial charge in [0.15, 0.2) is 0 Å². The second-order valence-corrected chi connectivity index (χ2v) is 8.10. The molecule has 3 rings (SSSR count). The maximum absolute atomic E-state index is 12.7. The lowest BCUT2D eigenvalue weighted by Gasteiger charge is -2.23. The van der Waals surface area contributed by atoms with E-state index in [2.05, 4.69) is 0 Å². The van der Waals surface area contributed by atoms with E-state index in [9.17, 15) is 18.3 Å². The Balaban J connectivity index is 1.92. The smallest absolute Gasteiger partial charge is 0.311 e. The minimum Gasteiger partial charge on any atom is -0.481 e. The molecule has 2 atom stereocenters. The van der Waals surface area contributed by atoms with Crippen LogP contribution in [0.3, 0.4) is 0 Å². The van der Waals surface area contributed by atoms with E-state index in [0.29, 0.717) is 13.0 Å². The average molecular weight is 309 g/mol. The molecule has 0 unspecified atom stereocenters.